The Kier molecular flexibility index (Phi) is 5.11. The molecule has 0 bridgehead atoms. The molecule has 6 nitrogen and oxygen atoms in total. The van der Waals surface area contributed by atoms with Gasteiger partial charge in [-0.05, 0) is 36.6 Å². The number of sulfonamides is 1. The second-order valence-electron chi connectivity index (χ2n) is 4.84. The van der Waals surface area contributed by atoms with E-state index in [2.05, 4.69) is 9.71 Å². The van der Waals surface area contributed by atoms with E-state index in [0.29, 0.717) is 19.5 Å². The molecule has 0 aliphatic heterocycles. The van der Waals surface area contributed by atoms with Crippen molar-refractivity contribution >= 4 is 10.0 Å². The molecule has 0 fully saturated rings. The van der Waals surface area contributed by atoms with E-state index < -0.39 is 10.0 Å². The third-order valence-corrected chi connectivity index (χ3v) is 4.75. The lowest BCUT2D eigenvalue weighted by Gasteiger charge is -2.09. The molecular weight excluding hydrogens is 288 g/mol. The summed E-state index contributed by atoms with van der Waals surface area (Å²) in [5.74, 6) is 0. The molecule has 0 atom stereocenters. The van der Waals surface area contributed by atoms with E-state index in [1.807, 2.05) is 17.7 Å². The number of nitrogens with zero attached hydrogens (tertiary/aromatic N) is 2. The Bertz CT molecular complexity index is 681. The van der Waals surface area contributed by atoms with Gasteiger partial charge in [0.25, 0.3) is 0 Å². The Labute approximate surface area is 125 Å². The van der Waals surface area contributed by atoms with Crippen molar-refractivity contribution in [1.29, 1.82) is 0 Å². The van der Waals surface area contributed by atoms with Gasteiger partial charge in [-0.25, -0.2) is 18.1 Å². The molecule has 0 amide bonds. The van der Waals surface area contributed by atoms with E-state index in [9.17, 15) is 8.42 Å². The van der Waals surface area contributed by atoms with E-state index >= 15 is 0 Å². The van der Waals surface area contributed by atoms with E-state index in [4.69, 9.17) is 5.73 Å². The molecule has 1 heterocycles. The number of nitrogens with one attached hydrogen (secondary N) is 1. The molecule has 2 aromatic rings. The van der Waals surface area contributed by atoms with Crippen LogP contribution in [0.2, 0.25) is 0 Å². The summed E-state index contributed by atoms with van der Waals surface area (Å²) in [6, 6.07) is 5.00. The molecular formula is C14H20N4O2S. The lowest BCUT2D eigenvalue weighted by Crippen LogP contribution is -2.25. The smallest absolute Gasteiger partial charge is 0.240 e. The predicted molar refractivity (Wildman–Crippen MR) is 81.1 cm³/mol. The molecule has 0 unspecified atom stereocenters. The topological polar surface area (TPSA) is 90.0 Å². The van der Waals surface area contributed by atoms with Crippen LogP contribution in [0.15, 0.2) is 41.8 Å². The highest BCUT2D eigenvalue weighted by Gasteiger charge is 2.14. The zero-order valence-corrected chi connectivity index (χ0v) is 12.8. The number of rotatable bonds is 7. The first-order valence-electron chi connectivity index (χ1n) is 6.78. The molecule has 114 valence electrons. The van der Waals surface area contributed by atoms with Crippen LogP contribution < -0.4 is 10.5 Å². The number of aromatic nitrogens is 2. The minimum atomic E-state index is -3.46. The minimum Gasteiger partial charge on any atom is -0.337 e. The van der Waals surface area contributed by atoms with Crippen LogP contribution in [-0.4, -0.2) is 24.5 Å². The fourth-order valence-corrected chi connectivity index (χ4v) is 3.19. The first kappa shape index (κ1) is 15.7. The van der Waals surface area contributed by atoms with Gasteiger partial charge in [0.1, 0.15) is 0 Å². The third kappa shape index (κ3) is 4.13. The molecule has 0 aliphatic rings. The maximum atomic E-state index is 12.2. The average molecular weight is 308 g/mol. The fraction of sp³-hybridized carbons (Fsp3) is 0.357. The van der Waals surface area contributed by atoms with Gasteiger partial charge < -0.3 is 10.3 Å². The molecule has 2 rings (SSSR count). The van der Waals surface area contributed by atoms with Crippen LogP contribution in [0.25, 0.3) is 0 Å². The van der Waals surface area contributed by atoms with Crippen LogP contribution in [0.4, 0.5) is 0 Å². The quantitative estimate of drug-likeness (QED) is 0.747. The lowest BCUT2D eigenvalue weighted by atomic mass is 10.1. The highest BCUT2D eigenvalue weighted by Crippen LogP contribution is 2.15. The summed E-state index contributed by atoms with van der Waals surface area (Å²) in [6.45, 7) is 3.39. The Balaban J connectivity index is 1.93. The molecule has 0 saturated carbocycles. The lowest BCUT2D eigenvalue weighted by molar-refractivity contribution is 0.569. The number of hydrogen-bond acceptors (Lipinski definition) is 4. The van der Waals surface area contributed by atoms with E-state index in [1.165, 1.54) is 0 Å². The molecule has 1 aromatic heterocycles. The van der Waals surface area contributed by atoms with Crippen LogP contribution in [0, 0.1) is 6.92 Å². The molecule has 0 spiro atoms. The second kappa shape index (κ2) is 6.84. The third-order valence-electron chi connectivity index (χ3n) is 3.29. The molecule has 7 heteroatoms. The zero-order chi connectivity index (χ0) is 15.3. The van der Waals surface area contributed by atoms with Gasteiger partial charge >= 0.3 is 0 Å². The number of nitrogens with two attached hydrogens (primary N) is 1. The van der Waals surface area contributed by atoms with Gasteiger partial charge in [-0.1, -0.05) is 6.07 Å². The van der Waals surface area contributed by atoms with Crippen molar-refractivity contribution in [2.24, 2.45) is 5.73 Å². The van der Waals surface area contributed by atoms with Crippen molar-refractivity contribution in [3.63, 3.8) is 0 Å². The van der Waals surface area contributed by atoms with Crippen molar-refractivity contribution < 1.29 is 8.42 Å². The summed E-state index contributed by atoms with van der Waals surface area (Å²) >= 11 is 0. The van der Waals surface area contributed by atoms with E-state index in [0.717, 1.165) is 17.7 Å². The summed E-state index contributed by atoms with van der Waals surface area (Å²) in [5, 5.41) is 0. The van der Waals surface area contributed by atoms with E-state index in [-0.39, 0.29) is 4.90 Å². The average Bonchev–Trinajstić information content (AvgIpc) is 2.97. The highest BCUT2D eigenvalue weighted by molar-refractivity contribution is 7.89. The molecule has 1 aromatic carbocycles. The van der Waals surface area contributed by atoms with Crippen molar-refractivity contribution in [3.05, 3.63) is 48.0 Å². The maximum absolute atomic E-state index is 12.2. The minimum absolute atomic E-state index is 0.278. The molecule has 0 aliphatic carbocycles. The Morgan fingerprint density at radius 2 is 2.19 bits per heavy atom. The first-order chi connectivity index (χ1) is 10.0. The van der Waals surface area contributed by atoms with Crippen molar-refractivity contribution in [3.8, 4) is 0 Å². The molecule has 3 N–H and O–H groups in total. The second-order valence-corrected chi connectivity index (χ2v) is 6.61. The maximum Gasteiger partial charge on any atom is 0.240 e. The van der Waals surface area contributed by atoms with Gasteiger partial charge in [-0.3, -0.25) is 0 Å². The number of benzene rings is 1. The fourth-order valence-electron chi connectivity index (χ4n) is 2.04. The first-order valence-corrected chi connectivity index (χ1v) is 8.26. The van der Waals surface area contributed by atoms with Crippen LogP contribution in [0.3, 0.4) is 0 Å². The van der Waals surface area contributed by atoms with Crippen LogP contribution in [0.5, 0.6) is 0 Å². The Morgan fingerprint density at radius 3 is 2.81 bits per heavy atom. The number of aryl methyl sites for hydroxylation is 2. The summed E-state index contributed by atoms with van der Waals surface area (Å²) < 4.78 is 28.9. The summed E-state index contributed by atoms with van der Waals surface area (Å²) in [7, 11) is -3.46. The monoisotopic (exact) mass is 308 g/mol. The van der Waals surface area contributed by atoms with Gasteiger partial charge in [-0.15, -0.1) is 0 Å². The van der Waals surface area contributed by atoms with Crippen molar-refractivity contribution in [1.82, 2.24) is 14.3 Å². The molecule has 21 heavy (non-hydrogen) atoms. The van der Waals surface area contributed by atoms with Gasteiger partial charge in [0.2, 0.25) is 10.0 Å². The van der Waals surface area contributed by atoms with Crippen molar-refractivity contribution in [2.45, 2.75) is 31.3 Å². The Morgan fingerprint density at radius 1 is 1.38 bits per heavy atom. The highest BCUT2D eigenvalue weighted by atomic mass is 32.2. The van der Waals surface area contributed by atoms with Crippen LogP contribution >= 0.6 is 0 Å². The van der Waals surface area contributed by atoms with Crippen LogP contribution in [0.1, 0.15) is 17.5 Å². The number of imidazole rings is 1. The zero-order valence-electron chi connectivity index (χ0n) is 12.0. The Hall–Kier alpha value is -1.70. The van der Waals surface area contributed by atoms with Gasteiger partial charge in [-0.2, -0.15) is 0 Å². The summed E-state index contributed by atoms with van der Waals surface area (Å²) in [4.78, 5) is 4.21. The van der Waals surface area contributed by atoms with Gasteiger partial charge in [0.15, 0.2) is 0 Å². The standard InChI is InChI=1S/C14H20N4O2S/c1-12-9-14(4-3-13(12)10-15)21(19,20)17-5-2-7-18-8-6-16-11-18/h3-4,6,8-9,11,17H,2,5,7,10,15H2,1H3. The normalized spacial score (nSPS) is 11.7. The number of hydrogen-bond donors (Lipinski definition) is 2. The predicted octanol–water partition coefficient (Wildman–Crippen LogP) is 1.02. The van der Waals surface area contributed by atoms with E-state index in [1.54, 1.807) is 30.7 Å². The van der Waals surface area contributed by atoms with Crippen molar-refractivity contribution in [2.75, 3.05) is 6.54 Å². The molecule has 0 saturated heterocycles. The SMILES string of the molecule is Cc1cc(S(=O)(=O)NCCCn2ccnc2)ccc1CN. The summed E-state index contributed by atoms with van der Waals surface area (Å²) in [6.07, 6.45) is 5.97. The summed E-state index contributed by atoms with van der Waals surface area (Å²) in [5.41, 5.74) is 7.42. The van der Waals surface area contributed by atoms with Gasteiger partial charge in [0.05, 0.1) is 11.2 Å². The van der Waals surface area contributed by atoms with Crippen LogP contribution in [-0.2, 0) is 23.1 Å². The van der Waals surface area contributed by atoms with Gasteiger partial charge in [0, 0.05) is 32.0 Å². The largest absolute Gasteiger partial charge is 0.337 e. The molecule has 0 radical (unpaired) electrons.